The van der Waals surface area contributed by atoms with E-state index in [1.54, 1.807) is 24.4 Å². The van der Waals surface area contributed by atoms with E-state index in [1.807, 2.05) is 36.1 Å². The maximum atomic E-state index is 16.9. The van der Waals surface area contributed by atoms with Gasteiger partial charge in [-0.05, 0) is 43.8 Å². The number of aromatic nitrogens is 5. The SMILES string of the molecule is C#Cc1cccc2cccc(-c3ncc4c(N5CCN(C(=O)/C(F)=C/c6ncccn6)CC5C)nc(OC[C@@]56CCCN5CC(F)C6)nc4c3F)c12. The first-order valence-corrected chi connectivity index (χ1v) is 17.3. The van der Waals surface area contributed by atoms with E-state index in [0.29, 0.717) is 40.7 Å². The van der Waals surface area contributed by atoms with Gasteiger partial charge in [0.15, 0.2) is 17.5 Å². The summed E-state index contributed by atoms with van der Waals surface area (Å²) < 4.78 is 52.8. The smallest absolute Gasteiger partial charge is 0.319 e. The molecule has 0 N–H and O–H groups in total. The Morgan fingerprint density at radius 2 is 1.88 bits per heavy atom. The molecule has 0 aliphatic carbocycles. The first-order valence-electron chi connectivity index (χ1n) is 17.3. The number of piperazine rings is 1. The van der Waals surface area contributed by atoms with Gasteiger partial charge in [0.05, 0.1) is 10.9 Å². The fourth-order valence-electron chi connectivity index (χ4n) is 7.97. The van der Waals surface area contributed by atoms with Gasteiger partial charge in [-0.3, -0.25) is 14.7 Å². The molecule has 1 amide bonds. The topological polar surface area (TPSA) is 100 Å². The molecule has 3 atom stereocenters. The summed E-state index contributed by atoms with van der Waals surface area (Å²) in [7, 11) is 0. The summed E-state index contributed by atoms with van der Waals surface area (Å²) in [5.41, 5.74) is 0.717. The predicted molar refractivity (Wildman–Crippen MR) is 191 cm³/mol. The maximum absolute atomic E-state index is 16.9. The zero-order chi connectivity index (χ0) is 36.0. The summed E-state index contributed by atoms with van der Waals surface area (Å²) in [6.07, 6.45) is 12.4. The van der Waals surface area contributed by atoms with Crippen LogP contribution in [-0.2, 0) is 4.79 Å². The van der Waals surface area contributed by atoms with Gasteiger partial charge in [-0.1, -0.05) is 36.3 Å². The molecule has 0 radical (unpaired) electrons. The van der Waals surface area contributed by atoms with E-state index in [1.165, 1.54) is 17.3 Å². The number of carbonyl (C=O) groups excluding carboxylic acids is 1. The van der Waals surface area contributed by atoms with Crippen LogP contribution < -0.4 is 9.64 Å². The zero-order valence-corrected chi connectivity index (χ0v) is 28.5. The largest absolute Gasteiger partial charge is 0.461 e. The summed E-state index contributed by atoms with van der Waals surface area (Å²) in [5, 5.41) is 1.88. The first kappa shape index (κ1) is 33.5. The average Bonchev–Trinajstić information content (AvgIpc) is 3.69. The van der Waals surface area contributed by atoms with Crippen molar-refractivity contribution in [3.05, 3.63) is 84.1 Å². The number of carbonyl (C=O) groups is 1. The highest BCUT2D eigenvalue weighted by molar-refractivity contribution is 6.02. The van der Waals surface area contributed by atoms with E-state index in [4.69, 9.17) is 16.1 Å². The van der Waals surface area contributed by atoms with Gasteiger partial charge in [0.2, 0.25) is 0 Å². The molecule has 13 heteroatoms. The summed E-state index contributed by atoms with van der Waals surface area (Å²) in [4.78, 5) is 40.5. The molecule has 52 heavy (non-hydrogen) atoms. The Morgan fingerprint density at radius 3 is 2.67 bits per heavy atom. The van der Waals surface area contributed by atoms with Crippen molar-refractivity contribution in [2.24, 2.45) is 0 Å². The van der Waals surface area contributed by atoms with Crippen molar-refractivity contribution >= 4 is 39.5 Å². The van der Waals surface area contributed by atoms with Gasteiger partial charge in [0.1, 0.15) is 29.8 Å². The van der Waals surface area contributed by atoms with Gasteiger partial charge in [0.25, 0.3) is 5.91 Å². The van der Waals surface area contributed by atoms with Crippen molar-refractivity contribution in [2.75, 3.05) is 44.2 Å². The van der Waals surface area contributed by atoms with Crippen LogP contribution in [0.5, 0.6) is 6.01 Å². The third-order valence-corrected chi connectivity index (χ3v) is 10.4. The van der Waals surface area contributed by atoms with Crippen LogP contribution in [0.4, 0.5) is 19.0 Å². The molecule has 3 aromatic heterocycles. The number of hydrogen-bond acceptors (Lipinski definition) is 9. The lowest BCUT2D eigenvalue weighted by molar-refractivity contribution is -0.129. The Kier molecular flexibility index (Phi) is 8.71. The number of benzene rings is 2. The van der Waals surface area contributed by atoms with E-state index in [-0.39, 0.29) is 55.3 Å². The van der Waals surface area contributed by atoms with Crippen LogP contribution in [0.25, 0.3) is 39.0 Å². The Hall–Kier alpha value is -5.61. The van der Waals surface area contributed by atoms with Crippen LogP contribution >= 0.6 is 0 Å². The van der Waals surface area contributed by atoms with Crippen molar-refractivity contribution in [1.82, 2.24) is 34.7 Å². The minimum absolute atomic E-state index is 0.00157. The molecular weight excluding hydrogens is 669 g/mol. The van der Waals surface area contributed by atoms with Crippen molar-refractivity contribution in [2.45, 2.75) is 43.9 Å². The molecule has 3 fully saturated rings. The lowest BCUT2D eigenvalue weighted by atomic mass is 9.95. The third-order valence-electron chi connectivity index (χ3n) is 10.4. The number of hydrogen-bond donors (Lipinski definition) is 0. The summed E-state index contributed by atoms with van der Waals surface area (Å²) in [6, 6.07) is 12.3. The van der Waals surface area contributed by atoms with Crippen molar-refractivity contribution in [1.29, 1.82) is 0 Å². The van der Waals surface area contributed by atoms with Gasteiger partial charge < -0.3 is 14.5 Å². The number of alkyl halides is 1. The number of amides is 1. The van der Waals surface area contributed by atoms with Gasteiger partial charge in [-0.15, -0.1) is 6.42 Å². The summed E-state index contributed by atoms with van der Waals surface area (Å²) in [6.45, 7) is 3.75. The quantitative estimate of drug-likeness (QED) is 0.155. The molecule has 2 aromatic carbocycles. The van der Waals surface area contributed by atoms with Crippen LogP contribution in [-0.4, -0.2) is 97.7 Å². The molecule has 6 heterocycles. The number of nitrogens with zero attached hydrogens (tertiary/aromatic N) is 8. The third kappa shape index (κ3) is 5.96. The predicted octanol–water partition coefficient (Wildman–Crippen LogP) is 5.76. The minimum Gasteiger partial charge on any atom is -0.461 e. The maximum Gasteiger partial charge on any atom is 0.319 e. The summed E-state index contributed by atoms with van der Waals surface area (Å²) in [5.74, 6) is 0.731. The Morgan fingerprint density at radius 1 is 1.08 bits per heavy atom. The molecule has 3 aliphatic rings. The molecule has 5 aromatic rings. The number of terminal acetylenes is 1. The second kappa shape index (κ2) is 13.5. The van der Waals surface area contributed by atoms with E-state index >= 15 is 8.78 Å². The molecule has 0 saturated carbocycles. The second-order valence-corrected chi connectivity index (χ2v) is 13.6. The monoisotopic (exact) mass is 704 g/mol. The zero-order valence-electron chi connectivity index (χ0n) is 28.5. The number of ether oxygens (including phenoxy) is 1. The average molecular weight is 705 g/mol. The van der Waals surface area contributed by atoms with E-state index < -0.39 is 29.3 Å². The van der Waals surface area contributed by atoms with Crippen LogP contribution in [0.3, 0.4) is 0 Å². The molecule has 10 nitrogen and oxygen atoms in total. The fourth-order valence-corrected chi connectivity index (χ4v) is 7.97. The number of pyridine rings is 1. The van der Waals surface area contributed by atoms with Crippen LogP contribution in [0.2, 0.25) is 0 Å². The van der Waals surface area contributed by atoms with Gasteiger partial charge in [-0.25, -0.2) is 23.1 Å². The number of rotatable bonds is 7. The molecule has 264 valence electrons. The molecule has 2 unspecified atom stereocenters. The first-order chi connectivity index (χ1) is 25.2. The highest BCUT2D eigenvalue weighted by Crippen LogP contribution is 2.41. The van der Waals surface area contributed by atoms with Crippen molar-refractivity contribution < 1.29 is 22.7 Å². The van der Waals surface area contributed by atoms with Gasteiger partial charge in [-0.2, -0.15) is 9.97 Å². The molecule has 8 rings (SSSR count). The van der Waals surface area contributed by atoms with Gasteiger partial charge in [0, 0.05) is 79.8 Å². The Bertz CT molecular complexity index is 2260. The Balaban J connectivity index is 1.17. The highest BCUT2D eigenvalue weighted by Gasteiger charge is 2.49. The van der Waals surface area contributed by atoms with E-state index in [9.17, 15) is 9.18 Å². The minimum atomic E-state index is -0.974. The molecule has 0 bridgehead atoms. The molecule has 3 aliphatic heterocycles. The number of anilines is 1. The van der Waals surface area contributed by atoms with Crippen LogP contribution in [0, 0.1) is 18.2 Å². The molecule has 0 spiro atoms. The lowest BCUT2D eigenvalue weighted by Gasteiger charge is -2.40. The summed E-state index contributed by atoms with van der Waals surface area (Å²) >= 11 is 0. The lowest BCUT2D eigenvalue weighted by Crippen LogP contribution is -2.54. The second-order valence-electron chi connectivity index (χ2n) is 13.6. The Labute approximate surface area is 298 Å². The highest BCUT2D eigenvalue weighted by atomic mass is 19.1. The fraction of sp³-hybridized carbons (Fsp3) is 0.333. The van der Waals surface area contributed by atoms with Crippen LogP contribution in [0.1, 0.15) is 37.6 Å². The van der Waals surface area contributed by atoms with Gasteiger partial charge >= 0.3 is 6.01 Å². The number of halogens is 3. The van der Waals surface area contributed by atoms with Crippen molar-refractivity contribution in [3.8, 4) is 29.6 Å². The van der Waals surface area contributed by atoms with Crippen LogP contribution in [0.15, 0.2) is 66.9 Å². The van der Waals surface area contributed by atoms with E-state index in [2.05, 4.69) is 30.8 Å². The standard InChI is InChI=1S/C39H35F3N8O2/c1-3-25-8-4-9-26-10-5-11-28(32(25)26)34-33(42)35-29(20-45-34)36(47-38(46-35)52-23-39-12-6-15-49(39)22-27(40)19-39)50-17-16-48(21-24(50)2)37(51)30(41)18-31-43-13-7-14-44-31/h1,4-5,7-11,13-14,18,20,24,27H,6,12,15-17,19,21-23H2,2H3/b30-18-/t24?,27?,39-/m0/s1. The molecular formula is C39H35F3N8O2. The van der Waals surface area contributed by atoms with Crippen molar-refractivity contribution in [3.63, 3.8) is 0 Å². The normalized spacial score (nSPS) is 22.2. The number of fused-ring (bicyclic) bond motifs is 3. The van der Waals surface area contributed by atoms with E-state index in [0.717, 1.165) is 30.8 Å². The molecule has 3 saturated heterocycles.